The van der Waals surface area contributed by atoms with E-state index in [0.717, 1.165) is 103 Å². The molecule has 0 aromatic heterocycles. The zero-order valence-corrected chi connectivity index (χ0v) is 43.2. The van der Waals surface area contributed by atoms with Crippen molar-refractivity contribution in [2.45, 2.75) is 223 Å². The van der Waals surface area contributed by atoms with E-state index in [2.05, 4.69) is 111 Å². The second-order valence-electron chi connectivity index (χ2n) is 18.3. The Morgan fingerprint density at radius 2 is 0.873 bits per heavy atom. The molecule has 0 saturated carbocycles. The fourth-order valence-electron chi connectivity index (χ4n) is 7.80. The number of hydrogen-bond donors (Lipinski definition) is 7. The van der Waals surface area contributed by atoms with Gasteiger partial charge in [-0.1, -0.05) is 156 Å². The minimum atomic E-state index is -1.72. The minimum Gasteiger partial charge on any atom is -0.457 e. The SMILES string of the molecule is CC/C=C\C/C=C\C/C=C\C/C=C\CCCCCCCCCCC(=O)OC(COCCCCC/C=C\C/C=C\C/C=C\C/C=C\CC)COC1OC(COC2OC(CO)C(O)C(O)C2O)C(O)C(O)C1O. The van der Waals surface area contributed by atoms with Crippen LogP contribution in [0.5, 0.6) is 0 Å². The van der Waals surface area contributed by atoms with Crippen molar-refractivity contribution in [2.75, 3.05) is 33.0 Å². The first-order valence-electron chi connectivity index (χ1n) is 26.8. The molecular formula is C57H94O14. The zero-order valence-electron chi connectivity index (χ0n) is 43.2. The van der Waals surface area contributed by atoms with E-state index in [1.54, 1.807) is 0 Å². The van der Waals surface area contributed by atoms with Gasteiger partial charge in [0.05, 0.1) is 26.4 Å². The predicted molar refractivity (Wildman–Crippen MR) is 279 cm³/mol. The monoisotopic (exact) mass is 1000 g/mol. The van der Waals surface area contributed by atoms with Crippen molar-refractivity contribution in [3.63, 3.8) is 0 Å². The molecule has 2 fully saturated rings. The van der Waals surface area contributed by atoms with Crippen LogP contribution in [-0.4, -0.2) is 142 Å². The van der Waals surface area contributed by atoms with Gasteiger partial charge in [0.25, 0.3) is 0 Å². The van der Waals surface area contributed by atoms with Crippen LogP contribution in [0.3, 0.4) is 0 Å². The third kappa shape index (κ3) is 30.6. The predicted octanol–water partition coefficient (Wildman–Crippen LogP) is 8.63. The lowest BCUT2D eigenvalue weighted by atomic mass is 9.98. The number of carbonyl (C=O) groups excluding carboxylic acids is 1. The van der Waals surface area contributed by atoms with Gasteiger partial charge in [0.1, 0.15) is 54.9 Å². The van der Waals surface area contributed by atoms with Crippen LogP contribution in [0.1, 0.15) is 155 Å². The van der Waals surface area contributed by atoms with Gasteiger partial charge in [0.15, 0.2) is 12.6 Å². The lowest BCUT2D eigenvalue weighted by Crippen LogP contribution is -2.61. The molecule has 11 atom stereocenters. The molecule has 2 rings (SSSR count). The molecule has 11 unspecified atom stereocenters. The van der Waals surface area contributed by atoms with Crippen molar-refractivity contribution >= 4 is 5.97 Å². The smallest absolute Gasteiger partial charge is 0.306 e. The van der Waals surface area contributed by atoms with Crippen molar-refractivity contribution in [1.29, 1.82) is 0 Å². The molecule has 2 aliphatic rings. The van der Waals surface area contributed by atoms with Gasteiger partial charge in [0.2, 0.25) is 0 Å². The number of aliphatic hydroxyl groups excluding tert-OH is 7. The first-order chi connectivity index (χ1) is 34.6. The number of allylic oxidation sites excluding steroid dienone is 16. The molecule has 71 heavy (non-hydrogen) atoms. The standard InChI is InChI=1S/C57H94O14/c1-3-5-7-9-11-13-15-17-19-21-22-23-24-25-26-28-30-32-34-36-38-40-49(59)69-46(43-66-41-39-37-35-33-31-29-27-20-18-16-14-12-10-8-6-4-2)44-67-56-55(65)53(63)51(61)48(71-56)45-68-57-54(64)52(62)50(60)47(42-58)70-57/h5-8,11-14,17-20,22-23,29,31,46-48,50-58,60-65H,3-4,9-10,15-16,21,24-28,30,32-45H2,1-2H3/b7-5-,8-6-,13-11-,14-12-,19-17-,20-18-,23-22-,31-29-. The van der Waals surface area contributed by atoms with E-state index in [9.17, 15) is 40.5 Å². The second-order valence-corrected chi connectivity index (χ2v) is 18.3. The average molecular weight is 1000 g/mol. The van der Waals surface area contributed by atoms with Crippen LogP contribution in [0.15, 0.2) is 97.2 Å². The molecule has 0 aromatic rings. The van der Waals surface area contributed by atoms with Gasteiger partial charge in [-0.05, 0) is 89.9 Å². The summed E-state index contributed by atoms with van der Waals surface area (Å²) >= 11 is 0. The molecular weight excluding hydrogens is 909 g/mol. The van der Waals surface area contributed by atoms with Crippen LogP contribution in [0.25, 0.3) is 0 Å². The highest BCUT2D eigenvalue weighted by Gasteiger charge is 2.47. The molecule has 0 aromatic carbocycles. The molecule has 0 bridgehead atoms. The first-order valence-corrected chi connectivity index (χ1v) is 26.8. The number of unbranched alkanes of at least 4 members (excludes halogenated alkanes) is 11. The zero-order chi connectivity index (χ0) is 51.6. The lowest BCUT2D eigenvalue weighted by Gasteiger charge is -2.42. The van der Waals surface area contributed by atoms with Crippen LogP contribution in [-0.2, 0) is 33.2 Å². The number of aliphatic hydroxyl groups is 7. The Morgan fingerprint density at radius 3 is 1.37 bits per heavy atom. The normalized spacial score (nSPS) is 26.1. The molecule has 2 heterocycles. The summed E-state index contributed by atoms with van der Waals surface area (Å²) in [5.74, 6) is -0.401. The summed E-state index contributed by atoms with van der Waals surface area (Å²) in [5.41, 5.74) is 0. The second kappa shape index (κ2) is 43.3. The highest BCUT2D eigenvalue weighted by Crippen LogP contribution is 2.26. The minimum absolute atomic E-state index is 0.0303. The number of ether oxygens (including phenoxy) is 6. The van der Waals surface area contributed by atoms with E-state index in [0.29, 0.717) is 13.0 Å². The summed E-state index contributed by atoms with van der Waals surface area (Å²) < 4.78 is 34.3. The molecule has 0 spiro atoms. The van der Waals surface area contributed by atoms with Crippen molar-refractivity contribution in [3.05, 3.63) is 97.2 Å². The maximum atomic E-state index is 13.0. The summed E-state index contributed by atoms with van der Waals surface area (Å²) in [4.78, 5) is 13.0. The third-order valence-corrected chi connectivity index (χ3v) is 12.1. The van der Waals surface area contributed by atoms with E-state index in [4.69, 9.17) is 28.4 Å². The summed E-state index contributed by atoms with van der Waals surface area (Å²) in [7, 11) is 0. The van der Waals surface area contributed by atoms with Gasteiger partial charge in [-0.25, -0.2) is 0 Å². The maximum absolute atomic E-state index is 13.0. The number of hydrogen-bond acceptors (Lipinski definition) is 14. The summed E-state index contributed by atoms with van der Waals surface area (Å²) in [6.07, 6.45) is 40.4. The fourth-order valence-corrected chi connectivity index (χ4v) is 7.80. The molecule has 406 valence electrons. The van der Waals surface area contributed by atoms with E-state index < -0.39 is 86.7 Å². The van der Waals surface area contributed by atoms with Gasteiger partial charge < -0.3 is 64.2 Å². The molecule has 14 heteroatoms. The van der Waals surface area contributed by atoms with E-state index in [1.165, 1.54) is 25.7 Å². The van der Waals surface area contributed by atoms with E-state index in [-0.39, 0.29) is 19.6 Å². The Hall–Kier alpha value is -3.09. The molecule has 2 aliphatic heterocycles. The molecule has 0 amide bonds. The van der Waals surface area contributed by atoms with Gasteiger partial charge in [-0.3, -0.25) is 4.79 Å². The average Bonchev–Trinajstić information content (AvgIpc) is 3.37. The molecule has 14 nitrogen and oxygen atoms in total. The van der Waals surface area contributed by atoms with Gasteiger partial charge in [-0.2, -0.15) is 0 Å². The third-order valence-electron chi connectivity index (χ3n) is 12.1. The van der Waals surface area contributed by atoms with E-state index in [1.807, 2.05) is 0 Å². The Morgan fingerprint density at radius 1 is 0.465 bits per heavy atom. The Labute approximate surface area is 426 Å². The van der Waals surface area contributed by atoms with Crippen molar-refractivity contribution < 1.29 is 69.0 Å². The Kier molecular flexibility index (Phi) is 39.1. The van der Waals surface area contributed by atoms with Gasteiger partial charge in [-0.15, -0.1) is 0 Å². The molecule has 7 N–H and O–H groups in total. The molecule has 2 saturated heterocycles. The number of carbonyl (C=O) groups is 1. The van der Waals surface area contributed by atoms with Crippen molar-refractivity contribution in [2.24, 2.45) is 0 Å². The highest BCUT2D eigenvalue weighted by molar-refractivity contribution is 5.69. The highest BCUT2D eigenvalue weighted by atomic mass is 16.7. The summed E-state index contributed by atoms with van der Waals surface area (Å²) in [5, 5.41) is 72.2. The fraction of sp³-hybridized carbons (Fsp3) is 0.702. The summed E-state index contributed by atoms with van der Waals surface area (Å²) in [6.45, 7) is 3.35. The topological polar surface area (TPSA) is 214 Å². The maximum Gasteiger partial charge on any atom is 0.306 e. The largest absolute Gasteiger partial charge is 0.457 e. The quantitative estimate of drug-likeness (QED) is 0.0174. The lowest BCUT2D eigenvalue weighted by molar-refractivity contribution is -0.332. The van der Waals surface area contributed by atoms with Crippen molar-refractivity contribution in [1.82, 2.24) is 0 Å². The Balaban J connectivity index is 1.77. The van der Waals surface area contributed by atoms with Crippen LogP contribution in [0.2, 0.25) is 0 Å². The van der Waals surface area contributed by atoms with Crippen LogP contribution in [0, 0.1) is 0 Å². The van der Waals surface area contributed by atoms with E-state index >= 15 is 0 Å². The molecule has 0 aliphatic carbocycles. The van der Waals surface area contributed by atoms with Crippen LogP contribution >= 0.6 is 0 Å². The summed E-state index contributed by atoms with van der Waals surface area (Å²) in [6, 6.07) is 0. The van der Waals surface area contributed by atoms with Crippen molar-refractivity contribution in [3.8, 4) is 0 Å². The number of esters is 1. The molecule has 0 radical (unpaired) electrons. The Bertz CT molecular complexity index is 1540. The first kappa shape index (κ1) is 64.0. The van der Waals surface area contributed by atoms with Crippen LogP contribution in [0.4, 0.5) is 0 Å². The van der Waals surface area contributed by atoms with Gasteiger partial charge in [0, 0.05) is 13.0 Å². The number of rotatable bonds is 41. The van der Waals surface area contributed by atoms with Crippen LogP contribution < -0.4 is 0 Å². The van der Waals surface area contributed by atoms with Gasteiger partial charge >= 0.3 is 5.97 Å².